The highest BCUT2D eigenvalue weighted by atomic mass is 79.9. The zero-order valence-corrected chi connectivity index (χ0v) is 11.7. The van der Waals surface area contributed by atoms with E-state index in [2.05, 4.69) is 35.0 Å². The van der Waals surface area contributed by atoms with E-state index < -0.39 is 5.97 Å². The molecule has 5 heteroatoms. The van der Waals surface area contributed by atoms with Gasteiger partial charge in [-0.3, -0.25) is 0 Å². The van der Waals surface area contributed by atoms with Crippen LogP contribution in [0.1, 0.15) is 27.2 Å². The van der Waals surface area contributed by atoms with E-state index in [1.807, 2.05) is 0 Å². The fraction of sp³-hybridized carbons (Fsp3) is 0.250. The van der Waals surface area contributed by atoms with Crippen molar-refractivity contribution < 1.29 is 9.90 Å². The van der Waals surface area contributed by atoms with Gasteiger partial charge < -0.3 is 9.67 Å². The molecule has 3 nitrogen and oxygen atoms in total. The Labute approximate surface area is 112 Å². The summed E-state index contributed by atoms with van der Waals surface area (Å²) in [5, 5.41) is 9.07. The molecule has 17 heavy (non-hydrogen) atoms. The van der Waals surface area contributed by atoms with Crippen molar-refractivity contribution in [2.45, 2.75) is 19.9 Å². The number of aromatic carboxylic acids is 1. The van der Waals surface area contributed by atoms with Crippen molar-refractivity contribution in [1.82, 2.24) is 4.57 Å². The van der Waals surface area contributed by atoms with Crippen molar-refractivity contribution in [3.05, 3.63) is 44.3 Å². The largest absolute Gasteiger partial charge is 0.477 e. The quantitative estimate of drug-likeness (QED) is 0.936. The molecule has 0 saturated carbocycles. The third kappa shape index (κ3) is 2.79. The lowest BCUT2D eigenvalue weighted by molar-refractivity contribution is 0.0686. The predicted octanol–water partition coefficient (Wildman–Crippen LogP) is 3.62. The molecule has 0 aliphatic heterocycles. The Bertz CT molecular complexity index is 544. The van der Waals surface area contributed by atoms with E-state index in [0.29, 0.717) is 12.2 Å². The van der Waals surface area contributed by atoms with Crippen molar-refractivity contribution in [2.75, 3.05) is 0 Å². The summed E-state index contributed by atoms with van der Waals surface area (Å²) in [6.07, 6.45) is 2.82. The molecule has 0 saturated heterocycles. The Balaban J connectivity index is 2.26. The monoisotopic (exact) mass is 313 g/mol. The van der Waals surface area contributed by atoms with E-state index >= 15 is 0 Å². The van der Waals surface area contributed by atoms with Crippen LogP contribution in [0.15, 0.2) is 28.9 Å². The maximum Gasteiger partial charge on any atom is 0.352 e. The van der Waals surface area contributed by atoms with Crippen LogP contribution in [-0.4, -0.2) is 15.6 Å². The van der Waals surface area contributed by atoms with Crippen LogP contribution in [-0.2, 0) is 13.0 Å². The Kier molecular flexibility index (Phi) is 3.69. The Morgan fingerprint density at radius 1 is 1.47 bits per heavy atom. The minimum Gasteiger partial charge on any atom is -0.477 e. The van der Waals surface area contributed by atoms with Crippen molar-refractivity contribution in [2.24, 2.45) is 0 Å². The molecule has 1 N–H and O–H groups in total. The van der Waals surface area contributed by atoms with Crippen LogP contribution in [0.25, 0.3) is 0 Å². The summed E-state index contributed by atoms with van der Waals surface area (Å²) in [5.41, 5.74) is 0.309. The summed E-state index contributed by atoms with van der Waals surface area (Å²) >= 11 is 5.03. The van der Waals surface area contributed by atoms with Crippen molar-refractivity contribution in [3.63, 3.8) is 0 Å². The van der Waals surface area contributed by atoms with Gasteiger partial charge in [0.2, 0.25) is 0 Å². The molecule has 0 atom stereocenters. The van der Waals surface area contributed by atoms with Gasteiger partial charge >= 0.3 is 5.97 Å². The first-order valence-electron chi connectivity index (χ1n) is 5.26. The minimum absolute atomic E-state index is 0.309. The van der Waals surface area contributed by atoms with Gasteiger partial charge in [-0.25, -0.2) is 4.79 Å². The number of aromatic nitrogens is 1. The lowest BCUT2D eigenvalue weighted by atomic mass is 10.3. The van der Waals surface area contributed by atoms with Crippen molar-refractivity contribution in [3.8, 4) is 0 Å². The second kappa shape index (κ2) is 5.06. The molecule has 0 amide bonds. The van der Waals surface area contributed by atoms with Gasteiger partial charge in [-0.2, -0.15) is 0 Å². The molecular weight excluding hydrogens is 302 g/mol. The first-order valence-corrected chi connectivity index (χ1v) is 6.87. The van der Waals surface area contributed by atoms with Gasteiger partial charge in [-0.05, 0) is 40.5 Å². The molecule has 90 valence electrons. The van der Waals surface area contributed by atoms with Crippen LogP contribution < -0.4 is 0 Å². The molecule has 2 heterocycles. The molecule has 0 aromatic carbocycles. The fourth-order valence-corrected chi connectivity index (χ4v) is 3.07. The average Bonchev–Trinajstić information content (AvgIpc) is 2.85. The van der Waals surface area contributed by atoms with Gasteiger partial charge in [0.15, 0.2) is 0 Å². The number of nitrogens with zero attached hydrogens (tertiary/aromatic N) is 1. The third-order valence-corrected chi connectivity index (χ3v) is 4.12. The summed E-state index contributed by atoms with van der Waals surface area (Å²) in [6.45, 7) is 2.72. The second-order valence-electron chi connectivity index (χ2n) is 3.70. The zero-order valence-electron chi connectivity index (χ0n) is 9.31. The Morgan fingerprint density at radius 3 is 2.76 bits per heavy atom. The summed E-state index contributed by atoms with van der Waals surface area (Å²) in [6, 6.07) is 5.78. The molecule has 0 radical (unpaired) electrons. The Morgan fingerprint density at radius 2 is 2.18 bits per heavy atom. The van der Waals surface area contributed by atoms with Gasteiger partial charge in [0.05, 0.1) is 6.54 Å². The van der Waals surface area contributed by atoms with Gasteiger partial charge in [-0.15, -0.1) is 11.3 Å². The standard InChI is InChI=1S/C12H12BrNO2S/c1-2-9-3-4-10(17-9)7-14-6-8(13)5-11(14)12(15)16/h3-6H,2,7H2,1H3,(H,15,16). The average molecular weight is 314 g/mol. The molecule has 0 fully saturated rings. The number of rotatable bonds is 4. The highest BCUT2D eigenvalue weighted by molar-refractivity contribution is 9.10. The summed E-state index contributed by atoms with van der Waals surface area (Å²) in [5.74, 6) is -0.900. The lowest BCUT2D eigenvalue weighted by Gasteiger charge is -2.03. The number of carboxylic acids is 1. The predicted molar refractivity (Wildman–Crippen MR) is 71.9 cm³/mol. The van der Waals surface area contributed by atoms with Gasteiger partial charge in [0.1, 0.15) is 5.69 Å². The third-order valence-electron chi connectivity index (χ3n) is 2.47. The molecule has 2 aromatic rings. The van der Waals surface area contributed by atoms with Crippen LogP contribution in [0.3, 0.4) is 0 Å². The van der Waals surface area contributed by atoms with E-state index in [0.717, 1.165) is 10.9 Å². The zero-order chi connectivity index (χ0) is 12.4. The number of aryl methyl sites for hydroxylation is 1. The fourth-order valence-electron chi connectivity index (χ4n) is 1.65. The highest BCUT2D eigenvalue weighted by Crippen LogP contribution is 2.21. The number of carbonyl (C=O) groups is 1. The Hall–Kier alpha value is -1.07. The first kappa shape index (κ1) is 12.4. The normalized spacial score (nSPS) is 10.7. The van der Waals surface area contributed by atoms with E-state index in [-0.39, 0.29) is 0 Å². The van der Waals surface area contributed by atoms with Gasteiger partial charge in [0.25, 0.3) is 0 Å². The number of thiophene rings is 1. The van der Waals surface area contributed by atoms with Crippen molar-refractivity contribution >= 4 is 33.2 Å². The number of hydrogen-bond donors (Lipinski definition) is 1. The molecule has 0 spiro atoms. The number of halogens is 1. The van der Waals surface area contributed by atoms with Gasteiger partial charge in [0, 0.05) is 20.4 Å². The molecule has 0 bridgehead atoms. The van der Waals surface area contributed by atoms with Crippen LogP contribution in [0.2, 0.25) is 0 Å². The molecule has 0 aliphatic rings. The van der Waals surface area contributed by atoms with Crippen LogP contribution in [0, 0.1) is 0 Å². The van der Waals surface area contributed by atoms with E-state index in [1.165, 1.54) is 9.75 Å². The van der Waals surface area contributed by atoms with E-state index in [1.54, 1.807) is 28.2 Å². The molecule has 2 rings (SSSR count). The maximum absolute atomic E-state index is 11.0. The lowest BCUT2D eigenvalue weighted by Crippen LogP contribution is -2.07. The summed E-state index contributed by atoms with van der Waals surface area (Å²) < 4.78 is 2.54. The SMILES string of the molecule is CCc1ccc(Cn2cc(Br)cc2C(=O)O)s1. The van der Waals surface area contributed by atoms with Crippen LogP contribution in [0.5, 0.6) is 0 Å². The smallest absolute Gasteiger partial charge is 0.352 e. The van der Waals surface area contributed by atoms with Gasteiger partial charge in [-0.1, -0.05) is 6.92 Å². The van der Waals surface area contributed by atoms with Crippen LogP contribution >= 0.6 is 27.3 Å². The second-order valence-corrected chi connectivity index (χ2v) is 5.87. The summed E-state index contributed by atoms with van der Waals surface area (Å²) in [7, 11) is 0. The minimum atomic E-state index is -0.900. The van der Waals surface area contributed by atoms with Crippen LogP contribution in [0.4, 0.5) is 0 Å². The summed E-state index contributed by atoms with van der Waals surface area (Å²) in [4.78, 5) is 13.5. The number of hydrogen-bond acceptors (Lipinski definition) is 2. The molecule has 2 aromatic heterocycles. The molecular formula is C12H12BrNO2S. The van der Waals surface area contributed by atoms with E-state index in [9.17, 15) is 4.79 Å². The first-order chi connectivity index (χ1) is 8.10. The van der Waals surface area contributed by atoms with E-state index in [4.69, 9.17) is 5.11 Å². The van der Waals surface area contributed by atoms with Crippen molar-refractivity contribution in [1.29, 1.82) is 0 Å². The highest BCUT2D eigenvalue weighted by Gasteiger charge is 2.12. The number of carboxylic acid groups (broad SMARTS) is 1. The topological polar surface area (TPSA) is 42.2 Å². The molecule has 0 unspecified atom stereocenters. The maximum atomic E-state index is 11.0. The molecule has 0 aliphatic carbocycles.